The van der Waals surface area contributed by atoms with Crippen LogP contribution >= 0.6 is 11.6 Å². The summed E-state index contributed by atoms with van der Waals surface area (Å²) in [7, 11) is 0. The Hall–Kier alpha value is -2.21. The Kier molecular flexibility index (Phi) is 3.38. The van der Waals surface area contributed by atoms with Crippen LogP contribution in [0.1, 0.15) is 0 Å². The van der Waals surface area contributed by atoms with E-state index in [-0.39, 0.29) is 22.3 Å². The summed E-state index contributed by atoms with van der Waals surface area (Å²) in [5.41, 5.74) is -0.355. The maximum Gasteiger partial charge on any atom is 0.332 e. The number of benzene rings is 1. The predicted octanol–water partition coefficient (Wildman–Crippen LogP) is 3.57. The van der Waals surface area contributed by atoms with Gasteiger partial charge in [0.2, 0.25) is 0 Å². The molecule has 18 heavy (non-hydrogen) atoms. The lowest BCUT2D eigenvalue weighted by molar-refractivity contribution is -0.386. The highest BCUT2D eigenvalue weighted by Crippen LogP contribution is 2.30. The van der Waals surface area contributed by atoms with Crippen molar-refractivity contribution in [3.05, 3.63) is 57.5 Å². The van der Waals surface area contributed by atoms with Gasteiger partial charge >= 0.3 is 5.69 Å². The summed E-state index contributed by atoms with van der Waals surface area (Å²) in [6.45, 7) is 0. The highest BCUT2D eigenvalue weighted by atomic mass is 35.5. The molecule has 5 nitrogen and oxygen atoms in total. The topological polar surface area (TPSA) is 65.3 Å². The maximum atomic E-state index is 12.7. The Bertz CT molecular complexity index is 589. The van der Waals surface area contributed by atoms with E-state index in [1.807, 2.05) is 0 Å². The van der Waals surface area contributed by atoms with E-state index < -0.39 is 10.7 Å². The second-order valence-corrected chi connectivity index (χ2v) is 3.73. The molecule has 0 fully saturated rings. The van der Waals surface area contributed by atoms with Crippen LogP contribution in [0.5, 0.6) is 11.6 Å². The molecule has 0 atom stereocenters. The standard InChI is InChI=1S/C11H6ClFN2O3/c12-7-5-10(15(16)17)11(14-6-7)18-9-3-1-8(13)2-4-9/h1-6H. The van der Waals surface area contributed by atoms with Crippen molar-refractivity contribution >= 4 is 17.3 Å². The van der Waals surface area contributed by atoms with Gasteiger partial charge in [0.15, 0.2) is 0 Å². The van der Waals surface area contributed by atoms with Gasteiger partial charge in [-0.25, -0.2) is 9.37 Å². The summed E-state index contributed by atoms with van der Waals surface area (Å²) in [6, 6.07) is 6.17. The molecule has 92 valence electrons. The summed E-state index contributed by atoms with van der Waals surface area (Å²) in [5.74, 6) is -0.383. The van der Waals surface area contributed by atoms with E-state index in [4.69, 9.17) is 16.3 Å². The molecule has 0 radical (unpaired) electrons. The van der Waals surface area contributed by atoms with E-state index in [1.54, 1.807) is 0 Å². The van der Waals surface area contributed by atoms with Gasteiger partial charge in [0.25, 0.3) is 5.88 Å². The van der Waals surface area contributed by atoms with Crippen molar-refractivity contribution in [2.45, 2.75) is 0 Å². The van der Waals surface area contributed by atoms with E-state index in [2.05, 4.69) is 4.98 Å². The molecule has 2 rings (SSSR count). The number of hydrogen-bond donors (Lipinski definition) is 0. The van der Waals surface area contributed by atoms with Crippen molar-refractivity contribution in [1.82, 2.24) is 4.98 Å². The van der Waals surface area contributed by atoms with E-state index in [0.717, 1.165) is 6.07 Å². The minimum Gasteiger partial charge on any atom is -0.434 e. The maximum absolute atomic E-state index is 12.7. The zero-order valence-corrected chi connectivity index (χ0v) is 9.60. The van der Waals surface area contributed by atoms with E-state index in [0.29, 0.717) is 0 Å². The summed E-state index contributed by atoms with van der Waals surface area (Å²) >= 11 is 5.61. The molecular formula is C11H6ClFN2O3. The molecule has 0 bridgehead atoms. The molecule has 0 aliphatic carbocycles. The number of pyridine rings is 1. The first-order chi connectivity index (χ1) is 8.56. The van der Waals surface area contributed by atoms with Crippen LogP contribution < -0.4 is 4.74 Å². The van der Waals surface area contributed by atoms with Gasteiger partial charge < -0.3 is 4.74 Å². The van der Waals surface area contributed by atoms with Crippen LogP contribution in [0.15, 0.2) is 36.5 Å². The Balaban J connectivity index is 2.34. The zero-order chi connectivity index (χ0) is 13.1. The molecular weight excluding hydrogens is 263 g/mol. The van der Waals surface area contributed by atoms with Gasteiger partial charge in [-0.15, -0.1) is 0 Å². The molecule has 0 saturated heterocycles. The molecule has 0 amide bonds. The normalized spacial score (nSPS) is 10.1. The van der Waals surface area contributed by atoms with Gasteiger partial charge in [0, 0.05) is 6.07 Å². The van der Waals surface area contributed by atoms with Crippen molar-refractivity contribution in [1.29, 1.82) is 0 Å². The van der Waals surface area contributed by atoms with Gasteiger partial charge in [-0.2, -0.15) is 0 Å². The third-order valence-corrected chi connectivity index (χ3v) is 2.23. The predicted molar refractivity (Wildman–Crippen MR) is 62.4 cm³/mol. The number of aromatic nitrogens is 1. The van der Waals surface area contributed by atoms with Crippen LogP contribution in [0, 0.1) is 15.9 Å². The third kappa shape index (κ3) is 2.72. The first kappa shape index (κ1) is 12.3. The summed E-state index contributed by atoms with van der Waals surface area (Å²) in [4.78, 5) is 13.9. The summed E-state index contributed by atoms with van der Waals surface area (Å²) in [5, 5.41) is 10.9. The summed E-state index contributed by atoms with van der Waals surface area (Å²) in [6.07, 6.45) is 1.23. The number of nitrogens with zero attached hydrogens (tertiary/aromatic N) is 2. The molecule has 1 aromatic heterocycles. The van der Waals surface area contributed by atoms with Crippen molar-refractivity contribution in [2.24, 2.45) is 0 Å². The van der Waals surface area contributed by atoms with E-state index >= 15 is 0 Å². The first-order valence-corrected chi connectivity index (χ1v) is 5.17. The average Bonchev–Trinajstić information content (AvgIpc) is 2.34. The first-order valence-electron chi connectivity index (χ1n) is 4.79. The molecule has 0 spiro atoms. The number of halogens is 2. The number of nitro groups is 1. The van der Waals surface area contributed by atoms with Crippen molar-refractivity contribution < 1.29 is 14.1 Å². The fraction of sp³-hybridized carbons (Fsp3) is 0. The smallest absolute Gasteiger partial charge is 0.332 e. The second kappa shape index (κ2) is 4.97. The van der Waals surface area contributed by atoms with Crippen LogP contribution in [0.4, 0.5) is 10.1 Å². The van der Waals surface area contributed by atoms with Gasteiger partial charge in [0.05, 0.1) is 16.1 Å². The highest BCUT2D eigenvalue weighted by Gasteiger charge is 2.18. The molecule has 1 aromatic carbocycles. The fourth-order valence-electron chi connectivity index (χ4n) is 1.24. The molecule has 0 aliphatic rings. The van der Waals surface area contributed by atoms with Crippen LogP contribution in [0.25, 0.3) is 0 Å². The van der Waals surface area contributed by atoms with E-state index in [9.17, 15) is 14.5 Å². The van der Waals surface area contributed by atoms with E-state index in [1.165, 1.54) is 30.5 Å². The molecule has 0 saturated carbocycles. The Morgan fingerprint density at radius 2 is 2.00 bits per heavy atom. The highest BCUT2D eigenvalue weighted by molar-refractivity contribution is 6.30. The minimum atomic E-state index is -0.655. The van der Waals surface area contributed by atoms with Crippen LogP contribution in [0.3, 0.4) is 0 Å². The molecule has 0 unspecified atom stereocenters. The van der Waals surface area contributed by atoms with Crippen LogP contribution in [0.2, 0.25) is 5.02 Å². The molecule has 7 heteroatoms. The van der Waals surface area contributed by atoms with Crippen molar-refractivity contribution in [2.75, 3.05) is 0 Å². The van der Waals surface area contributed by atoms with Gasteiger partial charge in [-0.1, -0.05) is 11.6 Å². The minimum absolute atomic E-state index is 0.133. The Morgan fingerprint density at radius 1 is 1.33 bits per heavy atom. The Morgan fingerprint density at radius 3 is 2.61 bits per heavy atom. The zero-order valence-electron chi connectivity index (χ0n) is 8.84. The molecule has 1 heterocycles. The third-order valence-electron chi connectivity index (χ3n) is 2.02. The molecule has 0 aliphatic heterocycles. The van der Waals surface area contributed by atoms with Crippen LogP contribution in [-0.2, 0) is 0 Å². The average molecular weight is 269 g/mol. The summed E-state index contributed by atoms with van der Waals surface area (Å²) < 4.78 is 17.9. The van der Waals surface area contributed by atoms with Crippen molar-refractivity contribution in [3.63, 3.8) is 0 Å². The number of rotatable bonds is 3. The molecule has 2 aromatic rings. The monoisotopic (exact) mass is 268 g/mol. The lowest BCUT2D eigenvalue weighted by Gasteiger charge is -2.04. The number of hydrogen-bond acceptors (Lipinski definition) is 4. The fourth-order valence-corrected chi connectivity index (χ4v) is 1.39. The quantitative estimate of drug-likeness (QED) is 0.630. The largest absolute Gasteiger partial charge is 0.434 e. The molecule has 0 N–H and O–H groups in total. The van der Waals surface area contributed by atoms with Gasteiger partial charge in [-0.05, 0) is 24.3 Å². The van der Waals surface area contributed by atoms with Gasteiger partial charge in [0.1, 0.15) is 11.6 Å². The lowest BCUT2D eigenvalue weighted by atomic mass is 10.3. The number of ether oxygens (including phenoxy) is 1. The second-order valence-electron chi connectivity index (χ2n) is 3.29. The Labute approximate surface area is 106 Å². The SMILES string of the molecule is O=[N+]([O-])c1cc(Cl)cnc1Oc1ccc(F)cc1. The van der Waals surface area contributed by atoms with Gasteiger partial charge in [-0.3, -0.25) is 10.1 Å². The lowest BCUT2D eigenvalue weighted by Crippen LogP contribution is -1.96. The van der Waals surface area contributed by atoms with Crippen molar-refractivity contribution in [3.8, 4) is 11.6 Å². The van der Waals surface area contributed by atoms with Crippen LogP contribution in [-0.4, -0.2) is 9.91 Å².